The molecule has 3 rings (SSSR count). The maximum atomic E-state index is 12.9. The van der Waals surface area contributed by atoms with Gasteiger partial charge in [0, 0.05) is 17.7 Å². The molecule has 0 saturated carbocycles. The predicted molar refractivity (Wildman–Crippen MR) is 115 cm³/mol. The highest BCUT2D eigenvalue weighted by molar-refractivity contribution is 6.04. The molecule has 0 spiro atoms. The molecule has 0 heterocycles. The van der Waals surface area contributed by atoms with E-state index in [0.717, 1.165) is 29.3 Å². The van der Waals surface area contributed by atoms with Crippen molar-refractivity contribution in [3.05, 3.63) is 104 Å². The maximum absolute atomic E-state index is 12.9. The molecule has 9 nitrogen and oxygen atoms in total. The zero-order valence-electron chi connectivity index (χ0n) is 17.2. The van der Waals surface area contributed by atoms with Gasteiger partial charge in [0.25, 0.3) is 11.4 Å². The number of nitrogens with zero attached hydrogens (tertiary/aromatic N) is 2. The van der Waals surface area contributed by atoms with Crippen LogP contribution in [-0.4, -0.2) is 27.2 Å². The Bertz CT molecular complexity index is 1170. The number of hydrogen-bond acceptors (Lipinski definition) is 7. The van der Waals surface area contributed by atoms with E-state index in [0.29, 0.717) is 5.56 Å². The van der Waals surface area contributed by atoms with Crippen LogP contribution in [0.4, 0.5) is 11.4 Å². The molecule has 0 atom stereocenters. The maximum Gasteiger partial charge on any atom is 0.339 e. The molecule has 0 unspecified atom stereocenters. The van der Waals surface area contributed by atoms with Crippen LogP contribution in [0.2, 0.25) is 0 Å². The summed E-state index contributed by atoms with van der Waals surface area (Å²) in [7, 11) is 0. The lowest BCUT2D eigenvalue weighted by atomic mass is 9.94. The Labute approximate surface area is 182 Å². The van der Waals surface area contributed by atoms with E-state index >= 15 is 0 Å². The van der Waals surface area contributed by atoms with Crippen LogP contribution in [0.1, 0.15) is 34.6 Å². The number of nitro benzene ring substituents is 2. The fraction of sp³-hybridized carbons (Fsp3) is 0.130. The number of carbonyl (C=O) groups excluding carboxylic acids is 2. The SMILES string of the molecule is CC(C)(OC(=O)c1cc([N+](=O)[O-])cc([N+](=O)[O-])c1)C(=O)c1ccc(-c2ccccc2)cc1. The second kappa shape index (κ2) is 8.76. The van der Waals surface area contributed by atoms with Gasteiger partial charge >= 0.3 is 5.97 Å². The molecule has 9 heteroatoms. The molecule has 0 radical (unpaired) electrons. The summed E-state index contributed by atoms with van der Waals surface area (Å²) in [5.41, 5.74) is -1.10. The van der Waals surface area contributed by atoms with Gasteiger partial charge in [0.05, 0.1) is 21.5 Å². The zero-order chi connectivity index (χ0) is 23.5. The molecule has 3 aromatic carbocycles. The lowest BCUT2D eigenvalue weighted by Gasteiger charge is -2.23. The Balaban J connectivity index is 1.82. The normalized spacial score (nSPS) is 10.9. The number of esters is 1. The van der Waals surface area contributed by atoms with E-state index in [-0.39, 0.29) is 0 Å². The van der Waals surface area contributed by atoms with Gasteiger partial charge in [-0.3, -0.25) is 25.0 Å². The van der Waals surface area contributed by atoms with Gasteiger partial charge < -0.3 is 4.74 Å². The van der Waals surface area contributed by atoms with Crippen molar-refractivity contribution in [1.29, 1.82) is 0 Å². The van der Waals surface area contributed by atoms with E-state index in [1.165, 1.54) is 13.8 Å². The van der Waals surface area contributed by atoms with Crippen LogP contribution in [0.25, 0.3) is 11.1 Å². The second-order valence-corrected chi connectivity index (χ2v) is 7.42. The fourth-order valence-electron chi connectivity index (χ4n) is 3.05. The average molecular weight is 434 g/mol. The summed E-state index contributed by atoms with van der Waals surface area (Å²) in [5.74, 6) is -1.58. The quantitative estimate of drug-likeness (QED) is 0.222. The van der Waals surface area contributed by atoms with Crippen LogP contribution in [0.3, 0.4) is 0 Å². The Morgan fingerprint density at radius 2 is 1.25 bits per heavy atom. The van der Waals surface area contributed by atoms with Gasteiger partial charge in [-0.15, -0.1) is 0 Å². The Hall–Kier alpha value is -4.40. The molecule has 0 N–H and O–H groups in total. The summed E-state index contributed by atoms with van der Waals surface area (Å²) in [6.45, 7) is 2.76. The van der Waals surface area contributed by atoms with E-state index in [1.54, 1.807) is 24.3 Å². The first-order valence-corrected chi connectivity index (χ1v) is 9.46. The minimum absolute atomic E-state index is 0.299. The summed E-state index contributed by atoms with van der Waals surface area (Å²) in [6, 6.07) is 18.8. The highest BCUT2D eigenvalue weighted by Gasteiger charge is 2.34. The Morgan fingerprint density at radius 1 is 0.750 bits per heavy atom. The minimum Gasteiger partial charge on any atom is -0.448 e. The molecule has 0 aliphatic rings. The lowest BCUT2D eigenvalue weighted by Crippen LogP contribution is -2.37. The highest BCUT2D eigenvalue weighted by atomic mass is 16.6. The third-order valence-electron chi connectivity index (χ3n) is 4.71. The van der Waals surface area contributed by atoms with Gasteiger partial charge in [-0.2, -0.15) is 0 Å². The molecule has 162 valence electrons. The first-order chi connectivity index (χ1) is 15.1. The summed E-state index contributed by atoms with van der Waals surface area (Å²) in [6.07, 6.45) is 0. The van der Waals surface area contributed by atoms with Crippen molar-refractivity contribution in [3.8, 4) is 11.1 Å². The van der Waals surface area contributed by atoms with Crippen molar-refractivity contribution in [1.82, 2.24) is 0 Å². The minimum atomic E-state index is -1.62. The monoisotopic (exact) mass is 434 g/mol. The highest BCUT2D eigenvalue weighted by Crippen LogP contribution is 2.26. The molecular formula is C23H18N2O7. The standard InChI is InChI=1S/C23H18N2O7/c1-23(2,21(26)17-10-8-16(9-11-17)15-6-4-3-5-7-15)32-22(27)18-12-19(24(28)29)14-20(13-18)25(30)31/h3-14H,1-2H3. The van der Waals surface area contributed by atoms with E-state index in [1.807, 2.05) is 30.3 Å². The molecule has 0 fully saturated rings. The van der Waals surface area contributed by atoms with Gasteiger partial charge in [0.1, 0.15) is 0 Å². The Morgan fingerprint density at radius 3 is 1.75 bits per heavy atom. The zero-order valence-corrected chi connectivity index (χ0v) is 17.2. The van der Waals surface area contributed by atoms with Gasteiger partial charge in [-0.05, 0) is 25.0 Å². The number of hydrogen-bond donors (Lipinski definition) is 0. The van der Waals surface area contributed by atoms with Crippen molar-refractivity contribution >= 4 is 23.1 Å². The van der Waals surface area contributed by atoms with E-state index in [2.05, 4.69) is 0 Å². The summed E-state index contributed by atoms with van der Waals surface area (Å²) in [5, 5.41) is 22.1. The van der Waals surface area contributed by atoms with Crippen LogP contribution in [0.15, 0.2) is 72.8 Å². The lowest BCUT2D eigenvalue weighted by molar-refractivity contribution is -0.394. The van der Waals surface area contributed by atoms with Crippen molar-refractivity contribution in [3.63, 3.8) is 0 Å². The number of nitro groups is 2. The smallest absolute Gasteiger partial charge is 0.339 e. The number of Topliss-reactive ketones (excluding diaryl/α,β-unsaturated/α-hetero) is 1. The molecule has 0 aliphatic heterocycles. The molecule has 0 aliphatic carbocycles. The number of carbonyl (C=O) groups is 2. The van der Waals surface area contributed by atoms with Crippen LogP contribution >= 0.6 is 0 Å². The number of ether oxygens (including phenoxy) is 1. The van der Waals surface area contributed by atoms with Crippen molar-refractivity contribution in [2.75, 3.05) is 0 Å². The van der Waals surface area contributed by atoms with Gasteiger partial charge in [0.2, 0.25) is 5.78 Å². The molecular weight excluding hydrogens is 416 g/mol. The topological polar surface area (TPSA) is 130 Å². The van der Waals surface area contributed by atoms with Crippen molar-refractivity contribution in [2.24, 2.45) is 0 Å². The van der Waals surface area contributed by atoms with Crippen molar-refractivity contribution < 1.29 is 24.2 Å². The van der Waals surface area contributed by atoms with E-state index in [4.69, 9.17) is 4.74 Å². The van der Waals surface area contributed by atoms with Gasteiger partial charge in [0.15, 0.2) is 5.60 Å². The average Bonchev–Trinajstić information content (AvgIpc) is 2.78. The summed E-state index contributed by atoms with van der Waals surface area (Å²) < 4.78 is 5.29. The fourth-order valence-corrected chi connectivity index (χ4v) is 3.05. The first-order valence-electron chi connectivity index (χ1n) is 9.46. The summed E-state index contributed by atoms with van der Waals surface area (Å²) in [4.78, 5) is 45.9. The van der Waals surface area contributed by atoms with Crippen LogP contribution in [0.5, 0.6) is 0 Å². The third kappa shape index (κ3) is 4.84. The number of benzene rings is 3. The first kappa shape index (κ1) is 22.3. The van der Waals surface area contributed by atoms with Gasteiger partial charge in [-0.25, -0.2) is 4.79 Å². The van der Waals surface area contributed by atoms with Crippen molar-refractivity contribution in [2.45, 2.75) is 19.4 Å². The number of rotatable bonds is 7. The van der Waals surface area contributed by atoms with Crippen LogP contribution in [0, 0.1) is 20.2 Å². The molecule has 0 saturated heterocycles. The molecule has 0 bridgehead atoms. The number of ketones is 1. The summed E-state index contributed by atoms with van der Waals surface area (Å²) >= 11 is 0. The molecule has 0 aromatic heterocycles. The van der Waals surface area contributed by atoms with Crippen LogP contribution in [-0.2, 0) is 4.74 Å². The predicted octanol–water partition coefficient (Wildman–Crippen LogP) is 4.99. The van der Waals surface area contributed by atoms with E-state index in [9.17, 15) is 29.8 Å². The van der Waals surface area contributed by atoms with Crippen LogP contribution < -0.4 is 0 Å². The largest absolute Gasteiger partial charge is 0.448 e. The van der Waals surface area contributed by atoms with Gasteiger partial charge in [-0.1, -0.05) is 54.6 Å². The Kier molecular flexibility index (Phi) is 6.10. The molecule has 0 amide bonds. The van der Waals surface area contributed by atoms with E-state index < -0.39 is 44.1 Å². The number of non-ortho nitro benzene ring substituents is 2. The molecule has 32 heavy (non-hydrogen) atoms. The third-order valence-corrected chi connectivity index (χ3v) is 4.71. The second-order valence-electron chi connectivity index (χ2n) is 7.42. The molecule has 3 aromatic rings.